The SMILES string of the molecule is Cc1ccc(C(CC(O)c2ccccc2)Nc2cccc([N+](=O)[O-])c2)cc1. The summed E-state index contributed by atoms with van der Waals surface area (Å²) in [5.74, 6) is 0. The number of nitro benzene ring substituents is 1. The number of hydrogen-bond donors (Lipinski definition) is 2. The lowest BCUT2D eigenvalue weighted by Crippen LogP contribution is -2.15. The van der Waals surface area contributed by atoms with Crippen molar-refractivity contribution in [1.82, 2.24) is 0 Å². The number of aliphatic hydroxyl groups is 1. The maximum Gasteiger partial charge on any atom is 0.271 e. The minimum absolute atomic E-state index is 0.0336. The van der Waals surface area contributed by atoms with Crippen LogP contribution in [0, 0.1) is 17.0 Å². The molecule has 0 heterocycles. The van der Waals surface area contributed by atoms with Crippen LogP contribution in [0.4, 0.5) is 11.4 Å². The minimum Gasteiger partial charge on any atom is -0.388 e. The highest BCUT2D eigenvalue weighted by molar-refractivity contribution is 5.52. The summed E-state index contributed by atoms with van der Waals surface area (Å²) < 4.78 is 0. The summed E-state index contributed by atoms with van der Waals surface area (Å²) >= 11 is 0. The number of hydrogen-bond acceptors (Lipinski definition) is 4. The third kappa shape index (κ3) is 4.92. The fourth-order valence-corrected chi connectivity index (χ4v) is 3.02. The van der Waals surface area contributed by atoms with Crippen LogP contribution in [0.5, 0.6) is 0 Å². The van der Waals surface area contributed by atoms with Gasteiger partial charge >= 0.3 is 0 Å². The number of aliphatic hydroxyl groups excluding tert-OH is 1. The van der Waals surface area contributed by atoms with Crippen molar-refractivity contribution < 1.29 is 10.0 Å². The third-order valence-corrected chi connectivity index (χ3v) is 4.52. The van der Waals surface area contributed by atoms with E-state index in [-0.39, 0.29) is 11.7 Å². The fourth-order valence-electron chi connectivity index (χ4n) is 3.02. The summed E-state index contributed by atoms with van der Waals surface area (Å²) in [7, 11) is 0. The molecule has 27 heavy (non-hydrogen) atoms. The highest BCUT2D eigenvalue weighted by Gasteiger charge is 2.19. The molecule has 0 aliphatic rings. The Balaban J connectivity index is 1.86. The maximum absolute atomic E-state index is 11.0. The highest BCUT2D eigenvalue weighted by atomic mass is 16.6. The molecular weight excluding hydrogens is 340 g/mol. The van der Waals surface area contributed by atoms with E-state index in [1.807, 2.05) is 61.5 Å². The molecule has 0 bridgehead atoms. The molecule has 0 saturated carbocycles. The Morgan fingerprint density at radius 2 is 1.67 bits per heavy atom. The van der Waals surface area contributed by atoms with E-state index in [2.05, 4.69) is 5.32 Å². The van der Waals surface area contributed by atoms with Gasteiger partial charge < -0.3 is 10.4 Å². The Morgan fingerprint density at radius 3 is 2.33 bits per heavy atom. The molecule has 0 spiro atoms. The number of non-ortho nitro benzene ring substituents is 1. The van der Waals surface area contributed by atoms with E-state index < -0.39 is 11.0 Å². The fraction of sp³-hybridized carbons (Fsp3) is 0.182. The summed E-state index contributed by atoms with van der Waals surface area (Å²) in [6, 6.07) is 23.8. The van der Waals surface area contributed by atoms with Gasteiger partial charge in [0.2, 0.25) is 0 Å². The lowest BCUT2D eigenvalue weighted by molar-refractivity contribution is -0.384. The van der Waals surface area contributed by atoms with E-state index in [0.717, 1.165) is 16.7 Å². The van der Waals surface area contributed by atoms with E-state index in [9.17, 15) is 15.2 Å². The number of aryl methyl sites for hydroxylation is 1. The molecule has 0 saturated heterocycles. The summed E-state index contributed by atoms with van der Waals surface area (Å²) in [5.41, 5.74) is 3.69. The van der Waals surface area contributed by atoms with Crippen molar-refractivity contribution in [2.24, 2.45) is 0 Å². The van der Waals surface area contributed by atoms with Crippen molar-refractivity contribution in [2.45, 2.75) is 25.5 Å². The van der Waals surface area contributed by atoms with E-state index in [1.165, 1.54) is 12.1 Å². The molecule has 2 N–H and O–H groups in total. The van der Waals surface area contributed by atoms with Crippen molar-refractivity contribution in [3.05, 3.63) is 106 Å². The van der Waals surface area contributed by atoms with Crippen LogP contribution in [0.25, 0.3) is 0 Å². The van der Waals surface area contributed by atoms with Crippen LogP contribution in [-0.4, -0.2) is 10.0 Å². The molecule has 3 aromatic carbocycles. The Hall–Kier alpha value is -3.18. The van der Waals surface area contributed by atoms with Crippen molar-refractivity contribution in [3.8, 4) is 0 Å². The number of benzene rings is 3. The predicted molar refractivity (Wildman–Crippen MR) is 107 cm³/mol. The zero-order valence-electron chi connectivity index (χ0n) is 15.1. The monoisotopic (exact) mass is 362 g/mol. The van der Waals surface area contributed by atoms with Gasteiger partial charge in [-0.2, -0.15) is 0 Å². The molecule has 0 aliphatic carbocycles. The van der Waals surface area contributed by atoms with Crippen LogP contribution in [0.3, 0.4) is 0 Å². The largest absolute Gasteiger partial charge is 0.388 e. The smallest absolute Gasteiger partial charge is 0.271 e. The van der Waals surface area contributed by atoms with Crippen LogP contribution < -0.4 is 5.32 Å². The first-order valence-electron chi connectivity index (χ1n) is 8.83. The first kappa shape index (κ1) is 18.6. The number of anilines is 1. The summed E-state index contributed by atoms with van der Waals surface area (Å²) in [4.78, 5) is 10.6. The first-order valence-corrected chi connectivity index (χ1v) is 8.83. The molecular formula is C22H22N2O3. The second-order valence-corrected chi connectivity index (χ2v) is 6.58. The van der Waals surface area contributed by atoms with Crippen LogP contribution >= 0.6 is 0 Å². The lowest BCUT2D eigenvalue weighted by Gasteiger charge is -2.23. The molecule has 2 atom stereocenters. The van der Waals surface area contributed by atoms with Crippen molar-refractivity contribution >= 4 is 11.4 Å². The maximum atomic E-state index is 11.0. The Bertz CT molecular complexity index is 895. The average Bonchev–Trinajstić information content (AvgIpc) is 2.69. The quantitative estimate of drug-likeness (QED) is 0.448. The van der Waals surface area contributed by atoms with Gasteiger partial charge in [0.1, 0.15) is 0 Å². The number of nitro groups is 1. The van der Waals surface area contributed by atoms with Gasteiger partial charge in [0.15, 0.2) is 0 Å². The van der Waals surface area contributed by atoms with Gasteiger partial charge in [-0.15, -0.1) is 0 Å². The van der Waals surface area contributed by atoms with Crippen LogP contribution in [-0.2, 0) is 0 Å². The van der Waals surface area contributed by atoms with Crippen molar-refractivity contribution in [2.75, 3.05) is 5.32 Å². The van der Waals surface area contributed by atoms with Crippen molar-refractivity contribution in [1.29, 1.82) is 0 Å². The second kappa shape index (κ2) is 8.47. The average molecular weight is 362 g/mol. The van der Waals surface area contributed by atoms with Crippen LogP contribution in [0.1, 0.15) is 35.3 Å². The Morgan fingerprint density at radius 1 is 0.963 bits per heavy atom. The van der Waals surface area contributed by atoms with Gasteiger partial charge in [-0.05, 0) is 24.1 Å². The predicted octanol–water partition coefficient (Wildman–Crippen LogP) is 5.18. The van der Waals surface area contributed by atoms with Gasteiger partial charge in [-0.1, -0.05) is 66.2 Å². The topological polar surface area (TPSA) is 75.4 Å². The summed E-state index contributed by atoms with van der Waals surface area (Å²) in [6.45, 7) is 2.02. The normalized spacial score (nSPS) is 13.0. The van der Waals surface area contributed by atoms with Gasteiger partial charge in [0, 0.05) is 24.2 Å². The molecule has 0 radical (unpaired) electrons. The van der Waals surface area contributed by atoms with E-state index in [0.29, 0.717) is 12.1 Å². The number of nitrogens with zero attached hydrogens (tertiary/aromatic N) is 1. The van der Waals surface area contributed by atoms with E-state index in [1.54, 1.807) is 12.1 Å². The number of rotatable bonds is 7. The molecule has 138 valence electrons. The summed E-state index contributed by atoms with van der Waals surface area (Å²) in [6.07, 6.45) is -0.209. The molecule has 2 unspecified atom stereocenters. The minimum atomic E-state index is -0.649. The molecule has 0 aliphatic heterocycles. The standard InChI is InChI=1S/C22H22N2O3/c1-16-10-12-17(13-11-16)21(15-22(25)18-6-3-2-4-7-18)23-19-8-5-9-20(14-19)24(26)27/h2-14,21-23,25H,15H2,1H3. The Labute approximate surface area is 158 Å². The van der Waals surface area contributed by atoms with E-state index in [4.69, 9.17) is 0 Å². The summed E-state index contributed by atoms with van der Waals surface area (Å²) in [5, 5.41) is 25.1. The van der Waals surface area contributed by atoms with Crippen molar-refractivity contribution in [3.63, 3.8) is 0 Å². The van der Waals surface area contributed by atoms with Crippen LogP contribution in [0.15, 0.2) is 78.9 Å². The lowest BCUT2D eigenvalue weighted by atomic mass is 9.96. The highest BCUT2D eigenvalue weighted by Crippen LogP contribution is 2.31. The van der Waals surface area contributed by atoms with Gasteiger partial charge in [0.05, 0.1) is 17.1 Å². The first-order chi connectivity index (χ1) is 13.0. The molecule has 0 fully saturated rings. The Kier molecular flexibility index (Phi) is 5.84. The molecule has 3 aromatic rings. The second-order valence-electron chi connectivity index (χ2n) is 6.58. The zero-order valence-corrected chi connectivity index (χ0v) is 15.1. The van der Waals surface area contributed by atoms with Gasteiger partial charge in [-0.3, -0.25) is 10.1 Å². The molecule has 0 amide bonds. The molecule has 3 rings (SSSR count). The molecule has 5 heteroatoms. The molecule has 5 nitrogen and oxygen atoms in total. The van der Waals surface area contributed by atoms with Crippen LogP contribution in [0.2, 0.25) is 0 Å². The number of nitrogens with one attached hydrogen (secondary N) is 1. The van der Waals surface area contributed by atoms with Gasteiger partial charge in [0.25, 0.3) is 5.69 Å². The third-order valence-electron chi connectivity index (χ3n) is 4.52. The molecule has 0 aromatic heterocycles. The zero-order chi connectivity index (χ0) is 19.2. The van der Waals surface area contributed by atoms with Gasteiger partial charge in [-0.25, -0.2) is 0 Å². The van der Waals surface area contributed by atoms with E-state index >= 15 is 0 Å².